The van der Waals surface area contributed by atoms with Gasteiger partial charge in [-0.1, -0.05) is 18.7 Å². The van der Waals surface area contributed by atoms with E-state index in [1.165, 1.54) is 24.3 Å². The second kappa shape index (κ2) is 9.61. The van der Waals surface area contributed by atoms with Crippen LogP contribution in [-0.4, -0.2) is 35.0 Å². The molecule has 0 atom stereocenters. The fourth-order valence-corrected chi connectivity index (χ4v) is 1.21. The molecule has 0 saturated heterocycles. The van der Waals surface area contributed by atoms with Crippen molar-refractivity contribution in [2.45, 2.75) is 13.8 Å². The normalized spacial score (nSPS) is 8.78. The zero-order valence-electron chi connectivity index (χ0n) is 12.4. The van der Waals surface area contributed by atoms with Gasteiger partial charge in [0.2, 0.25) is 0 Å². The van der Waals surface area contributed by atoms with E-state index in [4.69, 9.17) is 5.11 Å². The van der Waals surface area contributed by atoms with Crippen LogP contribution in [0.4, 0.5) is 0 Å². The number of carbonyl (C=O) groups is 5. The third kappa shape index (κ3) is 7.90. The first kappa shape index (κ1) is 19.7. The molecule has 0 fully saturated rings. The average molecular weight is 322 g/mol. The Morgan fingerprint density at radius 2 is 1.22 bits per heavy atom. The molecular weight excluding hydrogens is 308 g/mol. The van der Waals surface area contributed by atoms with Gasteiger partial charge >= 0.3 is 29.8 Å². The summed E-state index contributed by atoms with van der Waals surface area (Å²) in [5.41, 5.74) is -0.280. The summed E-state index contributed by atoms with van der Waals surface area (Å²) in [5.74, 6) is -4.52. The van der Waals surface area contributed by atoms with Crippen LogP contribution in [0.3, 0.4) is 0 Å². The Balaban J connectivity index is 0.000000841. The molecule has 1 N–H and O–H groups in total. The van der Waals surface area contributed by atoms with Gasteiger partial charge in [0.15, 0.2) is 0 Å². The number of carboxylic acids is 1. The van der Waals surface area contributed by atoms with E-state index in [2.05, 4.69) is 16.1 Å². The van der Waals surface area contributed by atoms with Gasteiger partial charge in [-0.3, -0.25) is 9.59 Å². The summed E-state index contributed by atoms with van der Waals surface area (Å²) in [5, 5.41) is 7.60. The van der Waals surface area contributed by atoms with E-state index in [-0.39, 0.29) is 11.1 Å². The topological polar surface area (TPSA) is 124 Å². The van der Waals surface area contributed by atoms with Crippen LogP contribution in [-0.2, 0) is 23.9 Å². The molecule has 8 nitrogen and oxygen atoms in total. The fourth-order valence-electron chi connectivity index (χ4n) is 1.21. The molecule has 1 aromatic rings. The van der Waals surface area contributed by atoms with Crippen molar-refractivity contribution >= 4 is 29.8 Å². The van der Waals surface area contributed by atoms with E-state index < -0.39 is 29.8 Å². The van der Waals surface area contributed by atoms with Crippen LogP contribution >= 0.6 is 0 Å². The maximum Gasteiger partial charge on any atom is 0.346 e. The highest BCUT2D eigenvalue weighted by Crippen LogP contribution is 2.12. The van der Waals surface area contributed by atoms with Gasteiger partial charge in [0.25, 0.3) is 0 Å². The monoisotopic (exact) mass is 322 g/mol. The number of hydrogen-bond donors (Lipinski definition) is 1. The fraction of sp³-hybridized carbons (Fsp3) is 0.133. The van der Waals surface area contributed by atoms with Crippen molar-refractivity contribution in [2.24, 2.45) is 0 Å². The van der Waals surface area contributed by atoms with Crippen molar-refractivity contribution in [1.82, 2.24) is 0 Å². The minimum absolute atomic E-state index is 0.140. The molecule has 0 aliphatic rings. The molecule has 23 heavy (non-hydrogen) atoms. The molecule has 0 aliphatic carbocycles. The summed E-state index contributed by atoms with van der Waals surface area (Å²) >= 11 is 0. The molecule has 122 valence electrons. The number of ether oxygens (including phenoxy) is 2. The molecule has 0 spiro atoms. The lowest BCUT2D eigenvalue weighted by molar-refractivity contribution is -0.136. The van der Waals surface area contributed by atoms with Gasteiger partial charge in [-0.25, -0.2) is 14.4 Å². The lowest BCUT2D eigenvalue weighted by atomic mass is 10.1. The van der Waals surface area contributed by atoms with Crippen molar-refractivity contribution in [3.63, 3.8) is 0 Å². The van der Waals surface area contributed by atoms with E-state index in [1.807, 2.05) is 0 Å². The molecule has 1 aromatic carbocycles. The Kier molecular flexibility index (Phi) is 8.24. The SMILES string of the molecule is C=CC(=O)O.CC(=O)OC(=O)c1ccccc1C(=O)OC(C)=O. The van der Waals surface area contributed by atoms with Crippen molar-refractivity contribution < 1.29 is 38.6 Å². The number of esters is 4. The van der Waals surface area contributed by atoms with Gasteiger partial charge in [0.1, 0.15) is 0 Å². The Labute approximate surface area is 131 Å². The summed E-state index contributed by atoms with van der Waals surface area (Å²) in [4.78, 5) is 53.7. The predicted octanol–water partition coefficient (Wildman–Crippen LogP) is 1.35. The first-order chi connectivity index (χ1) is 10.7. The Hall–Kier alpha value is -3.29. The van der Waals surface area contributed by atoms with Crippen molar-refractivity contribution in [2.75, 3.05) is 0 Å². The molecule has 0 radical (unpaired) electrons. The van der Waals surface area contributed by atoms with Crippen LogP contribution in [0.25, 0.3) is 0 Å². The Morgan fingerprint density at radius 3 is 1.43 bits per heavy atom. The summed E-state index contributed by atoms with van der Waals surface area (Å²) < 4.78 is 8.72. The Morgan fingerprint density at radius 1 is 0.913 bits per heavy atom. The van der Waals surface area contributed by atoms with E-state index in [0.29, 0.717) is 0 Å². The zero-order valence-corrected chi connectivity index (χ0v) is 12.4. The van der Waals surface area contributed by atoms with Crippen LogP contribution in [0.15, 0.2) is 36.9 Å². The molecular formula is C15H14O8. The molecule has 0 unspecified atom stereocenters. The second-order valence-corrected chi connectivity index (χ2v) is 3.85. The zero-order chi connectivity index (χ0) is 18.0. The van der Waals surface area contributed by atoms with E-state index in [0.717, 1.165) is 19.9 Å². The highest BCUT2D eigenvalue weighted by Gasteiger charge is 2.20. The lowest BCUT2D eigenvalue weighted by Crippen LogP contribution is -2.17. The van der Waals surface area contributed by atoms with E-state index >= 15 is 0 Å². The number of aliphatic carboxylic acids is 1. The van der Waals surface area contributed by atoms with E-state index in [9.17, 15) is 24.0 Å². The lowest BCUT2D eigenvalue weighted by Gasteiger charge is -2.06. The summed E-state index contributed by atoms with van der Waals surface area (Å²) in [6.45, 7) is 5.09. The van der Waals surface area contributed by atoms with Crippen LogP contribution in [0, 0.1) is 0 Å². The Bertz CT molecular complexity index is 598. The summed E-state index contributed by atoms with van der Waals surface area (Å²) in [6, 6.07) is 5.56. The van der Waals surface area contributed by atoms with Crippen LogP contribution < -0.4 is 0 Å². The maximum atomic E-state index is 11.5. The van der Waals surface area contributed by atoms with Gasteiger partial charge in [0, 0.05) is 19.9 Å². The average Bonchev–Trinajstić information content (AvgIpc) is 2.46. The van der Waals surface area contributed by atoms with Gasteiger partial charge in [0.05, 0.1) is 11.1 Å². The molecule has 8 heteroatoms. The molecule has 0 heterocycles. The third-order valence-electron chi connectivity index (χ3n) is 2.01. The number of benzene rings is 1. The first-order valence-electron chi connectivity index (χ1n) is 6.08. The second-order valence-electron chi connectivity index (χ2n) is 3.85. The van der Waals surface area contributed by atoms with Crippen LogP contribution in [0.5, 0.6) is 0 Å². The smallest absolute Gasteiger partial charge is 0.346 e. The van der Waals surface area contributed by atoms with Crippen molar-refractivity contribution in [3.05, 3.63) is 48.0 Å². The minimum Gasteiger partial charge on any atom is -0.478 e. The third-order valence-corrected chi connectivity index (χ3v) is 2.01. The van der Waals surface area contributed by atoms with Crippen LogP contribution in [0.1, 0.15) is 34.6 Å². The number of hydrogen-bond acceptors (Lipinski definition) is 7. The molecule has 0 aliphatic heterocycles. The van der Waals surface area contributed by atoms with Crippen molar-refractivity contribution in [1.29, 1.82) is 0 Å². The van der Waals surface area contributed by atoms with Gasteiger partial charge in [-0.05, 0) is 12.1 Å². The predicted molar refractivity (Wildman–Crippen MR) is 76.5 cm³/mol. The largest absolute Gasteiger partial charge is 0.478 e. The van der Waals surface area contributed by atoms with E-state index in [1.54, 1.807) is 0 Å². The first-order valence-corrected chi connectivity index (χ1v) is 6.08. The highest BCUT2D eigenvalue weighted by molar-refractivity contribution is 6.07. The molecule has 0 saturated carbocycles. The molecule has 0 amide bonds. The molecule has 0 bridgehead atoms. The number of carboxylic acid groups (broad SMARTS) is 1. The quantitative estimate of drug-likeness (QED) is 0.502. The standard InChI is InChI=1S/C12H10O6.C3H4O2/c1-7(13)17-11(15)9-5-3-4-6-10(9)12(16)18-8(2)14;1-2-3(4)5/h3-6H,1-2H3;2H,1H2,(H,4,5). The summed E-state index contributed by atoms with van der Waals surface area (Å²) in [6.07, 6.45) is 0.833. The van der Waals surface area contributed by atoms with Gasteiger partial charge in [-0.2, -0.15) is 0 Å². The molecule has 1 rings (SSSR count). The van der Waals surface area contributed by atoms with Crippen molar-refractivity contribution in [3.8, 4) is 0 Å². The van der Waals surface area contributed by atoms with Gasteiger partial charge in [-0.15, -0.1) is 0 Å². The van der Waals surface area contributed by atoms with Crippen LogP contribution in [0.2, 0.25) is 0 Å². The molecule has 0 aromatic heterocycles. The van der Waals surface area contributed by atoms with Gasteiger partial charge < -0.3 is 14.6 Å². The summed E-state index contributed by atoms with van der Waals surface area (Å²) in [7, 11) is 0. The minimum atomic E-state index is -0.981. The number of rotatable bonds is 3. The maximum absolute atomic E-state index is 11.5. The number of carbonyl (C=O) groups excluding carboxylic acids is 4. The highest BCUT2D eigenvalue weighted by atomic mass is 16.6.